The predicted octanol–water partition coefficient (Wildman–Crippen LogP) is 4.26. The molecule has 146 valence electrons. The van der Waals surface area contributed by atoms with Gasteiger partial charge in [-0.25, -0.2) is 0 Å². The number of aromatic nitrogens is 3. The Bertz CT molecular complexity index is 1020. The van der Waals surface area contributed by atoms with Crippen LogP contribution in [0.25, 0.3) is 11.5 Å². The molecule has 0 unspecified atom stereocenters. The molecule has 0 aliphatic rings. The number of ketones is 2. The topological polar surface area (TPSA) is 98.1 Å². The lowest BCUT2D eigenvalue weighted by Crippen LogP contribution is -2.05. The largest absolute Gasteiger partial charge is 0.493 e. The van der Waals surface area contributed by atoms with E-state index >= 15 is 0 Å². The number of carbonyl (C=O) groups excluding carboxylic acids is 2. The quantitative estimate of drug-likeness (QED) is 0.446. The zero-order valence-electron chi connectivity index (χ0n) is 16.2. The van der Waals surface area contributed by atoms with E-state index in [1.807, 2.05) is 31.2 Å². The number of rotatable bonds is 8. The molecule has 3 aromatic rings. The highest BCUT2D eigenvalue weighted by Gasteiger charge is 2.21. The van der Waals surface area contributed by atoms with Crippen LogP contribution in [0.3, 0.4) is 0 Å². The molecule has 2 aromatic heterocycles. The summed E-state index contributed by atoms with van der Waals surface area (Å²) in [4.78, 5) is 27.3. The minimum absolute atomic E-state index is 0.0625. The van der Waals surface area contributed by atoms with Crippen molar-refractivity contribution in [3.63, 3.8) is 0 Å². The summed E-state index contributed by atoms with van der Waals surface area (Å²) in [7, 11) is 0. The Labute approximate surface area is 166 Å². The van der Waals surface area contributed by atoms with E-state index in [4.69, 9.17) is 9.15 Å². The minimum Gasteiger partial charge on any atom is -0.493 e. The number of aryl methyl sites for hydroxylation is 1. The fraction of sp³-hybridized carbons (Fsp3) is 0.300. The van der Waals surface area contributed by atoms with Crippen LogP contribution in [0.5, 0.6) is 5.75 Å². The molecule has 1 aromatic carbocycles. The number of H-pyrrole nitrogens is 1. The second kappa shape index (κ2) is 8.43. The molecule has 7 nitrogen and oxygen atoms in total. The second-order valence-corrected chi connectivity index (χ2v) is 7.12. The van der Waals surface area contributed by atoms with Crippen LogP contribution in [0.1, 0.15) is 46.0 Å². The van der Waals surface area contributed by atoms with Crippen molar-refractivity contribution in [3.8, 4) is 17.2 Å². The van der Waals surface area contributed by atoms with Crippen molar-refractivity contribution in [1.29, 1.82) is 0 Å². The van der Waals surface area contributed by atoms with Crippen LogP contribution in [-0.2, 0) is 0 Å². The Morgan fingerprint density at radius 2 is 1.96 bits per heavy atom. The number of ether oxygens (including phenoxy) is 1. The summed E-state index contributed by atoms with van der Waals surface area (Å²) < 4.78 is 11.3. The van der Waals surface area contributed by atoms with Gasteiger partial charge in [-0.2, -0.15) is 0 Å². The van der Waals surface area contributed by atoms with Crippen LogP contribution in [-0.4, -0.2) is 39.1 Å². The van der Waals surface area contributed by atoms with E-state index in [1.54, 1.807) is 13.8 Å². The van der Waals surface area contributed by atoms with Crippen molar-refractivity contribution in [1.82, 2.24) is 15.2 Å². The third-order valence-corrected chi connectivity index (χ3v) is 5.04. The third kappa shape index (κ3) is 4.01. The Hall–Kier alpha value is -2.87. The second-order valence-electron chi connectivity index (χ2n) is 6.20. The molecule has 2 heterocycles. The van der Waals surface area contributed by atoms with E-state index in [1.165, 1.54) is 6.92 Å². The Morgan fingerprint density at radius 3 is 2.64 bits per heavy atom. The number of para-hydroxylation sites is 1. The number of hydrogen-bond acceptors (Lipinski definition) is 7. The van der Waals surface area contributed by atoms with Gasteiger partial charge in [-0.15, -0.1) is 10.2 Å². The average molecular weight is 399 g/mol. The number of benzene rings is 1. The van der Waals surface area contributed by atoms with Gasteiger partial charge in [-0.3, -0.25) is 9.59 Å². The Kier molecular flexibility index (Phi) is 5.99. The minimum atomic E-state index is -0.132. The maximum atomic E-state index is 12.6. The molecule has 0 atom stereocenters. The first-order valence-corrected chi connectivity index (χ1v) is 9.82. The fourth-order valence-electron chi connectivity index (χ4n) is 3.06. The van der Waals surface area contributed by atoms with Crippen LogP contribution in [0.15, 0.2) is 33.9 Å². The molecular weight excluding hydrogens is 378 g/mol. The van der Waals surface area contributed by atoms with Gasteiger partial charge >= 0.3 is 0 Å². The predicted molar refractivity (Wildman–Crippen MR) is 106 cm³/mol. The van der Waals surface area contributed by atoms with Gasteiger partial charge in [0.05, 0.1) is 23.6 Å². The van der Waals surface area contributed by atoms with E-state index in [9.17, 15) is 9.59 Å². The molecule has 0 saturated carbocycles. The van der Waals surface area contributed by atoms with Crippen LogP contribution < -0.4 is 4.74 Å². The van der Waals surface area contributed by atoms with Gasteiger partial charge in [0.2, 0.25) is 0 Å². The molecule has 0 bridgehead atoms. The lowest BCUT2D eigenvalue weighted by atomic mass is 10.1. The summed E-state index contributed by atoms with van der Waals surface area (Å²) in [5.41, 5.74) is 3.09. The van der Waals surface area contributed by atoms with Crippen LogP contribution >= 0.6 is 11.8 Å². The standard InChI is InChI=1S/C20H21N3O4S/c1-5-26-16-9-7-6-8-14(16)19-22-23-20(27-19)28-10-15(25)18-11(2)17(13(4)24)12(3)21-18/h6-9,21H,5,10H2,1-4H3. The van der Waals surface area contributed by atoms with Crippen LogP contribution in [0.4, 0.5) is 0 Å². The van der Waals surface area contributed by atoms with Gasteiger partial charge in [-0.05, 0) is 45.4 Å². The van der Waals surface area contributed by atoms with Crippen molar-refractivity contribution >= 4 is 23.3 Å². The first kappa shape index (κ1) is 19.9. The molecule has 1 N–H and O–H groups in total. The Morgan fingerprint density at radius 1 is 1.21 bits per heavy atom. The molecule has 0 aliphatic heterocycles. The molecule has 0 fully saturated rings. The van der Waals surface area contributed by atoms with Crippen LogP contribution in [0, 0.1) is 13.8 Å². The van der Waals surface area contributed by atoms with Crippen molar-refractivity contribution in [3.05, 3.63) is 46.8 Å². The maximum absolute atomic E-state index is 12.6. The number of Topliss-reactive ketones (excluding diaryl/α,β-unsaturated/α-hetero) is 2. The zero-order chi connectivity index (χ0) is 20.3. The highest BCUT2D eigenvalue weighted by molar-refractivity contribution is 7.99. The van der Waals surface area contributed by atoms with E-state index < -0.39 is 0 Å². The average Bonchev–Trinajstić information content (AvgIpc) is 3.24. The smallest absolute Gasteiger partial charge is 0.277 e. The summed E-state index contributed by atoms with van der Waals surface area (Å²) in [6.07, 6.45) is 0. The van der Waals surface area contributed by atoms with E-state index in [0.29, 0.717) is 51.5 Å². The number of carbonyl (C=O) groups is 2. The molecule has 28 heavy (non-hydrogen) atoms. The molecule has 3 rings (SSSR count). The molecule has 0 spiro atoms. The normalized spacial score (nSPS) is 10.9. The maximum Gasteiger partial charge on any atom is 0.277 e. The van der Waals surface area contributed by atoms with Crippen molar-refractivity contribution in [2.75, 3.05) is 12.4 Å². The molecular formula is C20H21N3O4S. The molecule has 8 heteroatoms. The van der Waals surface area contributed by atoms with Crippen molar-refractivity contribution in [2.24, 2.45) is 0 Å². The summed E-state index contributed by atoms with van der Waals surface area (Å²) >= 11 is 1.15. The molecule has 0 aliphatic carbocycles. The van der Waals surface area contributed by atoms with E-state index in [2.05, 4.69) is 15.2 Å². The zero-order valence-corrected chi connectivity index (χ0v) is 17.0. The first-order valence-electron chi connectivity index (χ1n) is 8.84. The summed E-state index contributed by atoms with van der Waals surface area (Å²) in [5.74, 6) is 0.924. The number of nitrogens with zero attached hydrogens (tertiary/aromatic N) is 2. The van der Waals surface area contributed by atoms with Crippen LogP contribution in [0.2, 0.25) is 0 Å². The van der Waals surface area contributed by atoms with E-state index in [-0.39, 0.29) is 17.3 Å². The summed E-state index contributed by atoms with van der Waals surface area (Å²) in [5, 5.41) is 8.36. The van der Waals surface area contributed by atoms with Crippen molar-refractivity contribution < 1.29 is 18.7 Å². The van der Waals surface area contributed by atoms with E-state index in [0.717, 1.165) is 11.8 Å². The fourth-order valence-corrected chi connectivity index (χ4v) is 3.69. The lowest BCUT2D eigenvalue weighted by molar-refractivity contribution is 0.101. The molecule has 0 saturated heterocycles. The summed E-state index contributed by atoms with van der Waals surface area (Å²) in [6, 6.07) is 7.41. The highest BCUT2D eigenvalue weighted by atomic mass is 32.2. The van der Waals surface area contributed by atoms with Gasteiger partial charge in [0.1, 0.15) is 5.75 Å². The van der Waals surface area contributed by atoms with Gasteiger partial charge in [0.15, 0.2) is 11.6 Å². The summed E-state index contributed by atoms with van der Waals surface area (Å²) in [6.45, 7) is 7.48. The monoisotopic (exact) mass is 399 g/mol. The van der Waals surface area contributed by atoms with Gasteiger partial charge < -0.3 is 14.1 Å². The third-order valence-electron chi connectivity index (χ3n) is 4.22. The van der Waals surface area contributed by atoms with Gasteiger partial charge in [0, 0.05) is 11.3 Å². The number of hydrogen-bond donors (Lipinski definition) is 1. The van der Waals surface area contributed by atoms with Crippen molar-refractivity contribution in [2.45, 2.75) is 32.9 Å². The number of aromatic amines is 1. The highest BCUT2D eigenvalue weighted by Crippen LogP contribution is 2.31. The van der Waals surface area contributed by atoms with Gasteiger partial charge in [0.25, 0.3) is 11.1 Å². The Balaban J connectivity index is 1.73. The molecule has 0 radical (unpaired) electrons. The first-order chi connectivity index (χ1) is 13.4. The lowest BCUT2D eigenvalue weighted by Gasteiger charge is -2.06. The van der Waals surface area contributed by atoms with Gasteiger partial charge in [-0.1, -0.05) is 23.9 Å². The molecule has 0 amide bonds. The number of thioether (sulfide) groups is 1. The SMILES string of the molecule is CCOc1ccccc1-c1nnc(SCC(=O)c2[nH]c(C)c(C(C)=O)c2C)o1. The number of nitrogens with one attached hydrogen (secondary N) is 1.